The zero-order valence-corrected chi connectivity index (χ0v) is 10.8. The van der Waals surface area contributed by atoms with Gasteiger partial charge in [-0.1, -0.05) is 36.5 Å². The molecular weight excluding hydrogens is 247 g/mol. The Balaban J connectivity index is 2.76. The Kier molecular flexibility index (Phi) is 5.03. The van der Waals surface area contributed by atoms with E-state index in [0.29, 0.717) is 5.02 Å². The Bertz CT molecular complexity index is 382. The summed E-state index contributed by atoms with van der Waals surface area (Å²) in [5, 5.41) is 3.39. The molecule has 0 saturated heterocycles. The van der Waals surface area contributed by atoms with E-state index in [0.717, 1.165) is 12.8 Å². The molecule has 0 spiro atoms. The predicted molar refractivity (Wildman–Crippen MR) is 66.1 cm³/mol. The van der Waals surface area contributed by atoms with Gasteiger partial charge >= 0.3 is 0 Å². The number of amides is 1. The van der Waals surface area contributed by atoms with Gasteiger partial charge in [0.15, 0.2) is 0 Å². The van der Waals surface area contributed by atoms with Crippen molar-refractivity contribution >= 4 is 29.1 Å². The summed E-state index contributed by atoms with van der Waals surface area (Å²) in [6.45, 7) is 4.01. The molecule has 1 rings (SSSR count). The molecule has 16 heavy (non-hydrogen) atoms. The third-order valence-electron chi connectivity index (χ3n) is 2.13. The lowest BCUT2D eigenvalue weighted by Gasteiger charge is -2.12. The number of nitrogens with zero attached hydrogens (tertiary/aromatic N) is 1. The number of hydrogen-bond donors (Lipinski definition) is 1. The molecule has 1 heterocycles. The Morgan fingerprint density at radius 1 is 1.50 bits per heavy atom. The highest BCUT2D eigenvalue weighted by molar-refractivity contribution is 6.34. The normalized spacial score (nSPS) is 12.2. The van der Waals surface area contributed by atoms with E-state index in [1.807, 2.05) is 6.92 Å². The van der Waals surface area contributed by atoms with Crippen LogP contribution in [0.3, 0.4) is 0 Å². The Morgan fingerprint density at radius 3 is 2.81 bits per heavy atom. The second kappa shape index (κ2) is 6.06. The van der Waals surface area contributed by atoms with Crippen LogP contribution < -0.4 is 5.32 Å². The summed E-state index contributed by atoms with van der Waals surface area (Å²) in [5.41, 5.74) is 0.178. The van der Waals surface area contributed by atoms with E-state index in [2.05, 4.69) is 17.2 Å². The van der Waals surface area contributed by atoms with Crippen LogP contribution in [0.25, 0.3) is 0 Å². The fourth-order valence-corrected chi connectivity index (χ4v) is 1.71. The van der Waals surface area contributed by atoms with Crippen LogP contribution in [0.15, 0.2) is 12.1 Å². The Morgan fingerprint density at radius 2 is 2.19 bits per heavy atom. The molecule has 1 amide bonds. The van der Waals surface area contributed by atoms with Gasteiger partial charge in [-0.25, -0.2) is 4.98 Å². The summed E-state index contributed by atoms with van der Waals surface area (Å²) in [6, 6.07) is 3.22. The van der Waals surface area contributed by atoms with E-state index >= 15 is 0 Å². The average molecular weight is 261 g/mol. The lowest BCUT2D eigenvalue weighted by molar-refractivity contribution is 0.0933. The molecule has 0 aliphatic heterocycles. The molecule has 3 nitrogen and oxygen atoms in total. The smallest absolute Gasteiger partial charge is 0.271 e. The first-order valence-corrected chi connectivity index (χ1v) is 5.93. The highest BCUT2D eigenvalue weighted by Crippen LogP contribution is 2.16. The maximum atomic E-state index is 11.8. The second-order valence-corrected chi connectivity index (χ2v) is 4.42. The van der Waals surface area contributed by atoms with Crippen molar-refractivity contribution in [3.8, 4) is 0 Å². The molecule has 5 heteroatoms. The quantitative estimate of drug-likeness (QED) is 0.845. The van der Waals surface area contributed by atoms with E-state index in [9.17, 15) is 4.79 Å². The summed E-state index contributed by atoms with van der Waals surface area (Å²) in [7, 11) is 0. The van der Waals surface area contributed by atoms with Crippen LogP contribution in [-0.4, -0.2) is 16.9 Å². The van der Waals surface area contributed by atoms with Crippen molar-refractivity contribution in [2.75, 3.05) is 0 Å². The van der Waals surface area contributed by atoms with Crippen LogP contribution in [0.2, 0.25) is 10.2 Å². The van der Waals surface area contributed by atoms with Crippen LogP contribution in [0.4, 0.5) is 0 Å². The van der Waals surface area contributed by atoms with E-state index in [-0.39, 0.29) is 22.8 Å². The molecule has 0 aromatic carbocycles. The van der Waals surface area contributed by atoms with Crippen LogP contribution in [-0.2, 0) is 0 Å². The zero-order valence-electron chi connectivity index (χ0n) is 9.26. The topological polar surface area (TPSA) is 42.0 Å². The van der Waals surface area contributed by atoms with E-state index in [1.54, 1.807) is 12.1 Å². The van der Waals surface area contributed by atoms with Gasteiger partial charge in [0.1, 0.15) is 10.8 Å². The van der Waals surface area contributed by atoms with Gasteiger partial charge in [-0.05, 0) is 25.5 Å². The average Bonchev–Trinajstić information content (AvgIpc) is 2.21. The molecule has 1 atom stereocenters. The SMILES string of the molecule is CCCC(C)NC(=O)c1nc(Cl)ccc1Cl. The number of rotatable bonds is 4. The Labute approximate surface area is 105 Å². The maximum absolute atomic E-state index is 11.8. The molecule has 0 saturated carbocycles. The molecule has 1 unspecified atom stereocenters. The highest BCUT2D eigenvalue weighted by Gasteiger charge is 2.14. The second-order valence-electron chi connectivity index (χ2n) is 3.63. The van der Waals surface area contributed by atoms with Crippen molar-refractivity contribution in [1.82, 2.24) is 10.3 Å². The first-order chi connectivity index (χ1) is 7.54. The lowest BCUT2D eigenvalue weighted by atomic mass is 10.2. The summed E-state index contributed by atoms with van der Waals surface area (Å²) in [6.07, 6.45) is 1.93. The predicted octanol–water partition coefficient (Wildman–Crippen LogP) is 3.31. The van der Waals surface area contributed by atoms with Gasteiger partial charge in [0.2, 0.25) is 0 Å². The first kappa shape index (κ1) is 13.3. The van der Waals surface area contributed by atoms with Gasteiger partial charge in [-0.2, -0.15) is 0 Å². The molecular formula is C11H14Cl2N2O. The molecule has 0 aliphatic rings. The molecule has 0 aliphatic carbocycles. The lowest BCUT2D eigenvalue weighted by Crippen LogP contribution is -2.33. The summed E-state index contributed by atoms with van der Waals surface area (Å²) < 4.78 is 0. The molecule has 1 N–H and O–H groups in total. The van der Waals surface area contributed by atoms with Crippen LogP contribution in [0, 0.1) is 0 Å². The monoisotopic (exact) mass is 260 g/mol. The fourth-order valence-electron chi connectivity index (χ4n) is 1.37. The molecule has 88 valence electrons. The molecule has 1 aromatic heterocycles. The Hall–Kier alpha value is -0.800. The van der Waals surface area contributed by atoms with Crippen molar-refractivity contribution in [3.05, 3.63) is 28.0 Å². The van der Waals surface area contributed by atoms with Crippen molar-refractivity contribution in [2.24, 2.45) is 0 Å². The third kappa shape index (κ3) is 3.65. The van der Waals surface area contributed by atoms with Crippen LogP contribution in [0.1, 0.15) is 37.2 Å². The summed E-state index contributed by atoms with van der Waals surface area (Å²) >= 11 is 11.6. The van der Waals surface area contributed by atoms with Gasteiger partial charge in [0.05, 0.1) is 5.02 Å². The standard InChI is InChI=1S/C11H14Cl2N2O/c1-3-4-7(2)14-11(16)10-8(12)5-6-9(13)15-10/h5-7H,3-4H2,1-2H3,(H,14,16). The first-order valence-electron chi connectivity index (χ1n) is 5.17. The van der Waals surface area contributed by atoms with Crippen molar-refractivity contribution in [1.29, 1.82) is 0 Å². The van der Waals surface area contributed by atoms with Crippen molar-refractivity contribution in [3.63, 3.8) is 0 Å². The number of carbonyl (C=O) groups is 1. The summed E-state index contributed by atoms with van der Waals surface area (Å²) in [4.78, 5) is 15.7. The molecule has 0 radical (unpaired) electrons. The third-order valence-corrected chi connectivity index (χ3v) is 2.64. The molecule has 0 bridgehead atoms. The van der Waals surface area contributed by atoms with Crippen molar-refractivity contribution < 1.29 is 4.79 Å². The number of carbonyl (C=O) groups excluding carboxylic acids is 1. The van der Waals surface area contributed by atoms with Gasteiger partial charge in [0, 0.05) is 6.04 Å². The minimum absolute atomic E-state index is 0.106. The molecule has 1 aromatic rings. The minimum atomic E-state index is -0.284. The van der Waals surface area contributed by atoms with Crippen LogP contribution in [0.5, 0.6) is 0 Å². The van der Waals surface area contributed by atoms with Crippen LogP contribution >= 0.6 is 23.2 Å². The minimum Gasteiger partial charge on any atom is -0.348 e. The zero-order chi connectivity index (χ0) is 12.1. The van der Waals surface area contributed by atoms with E-state index in [4.69, 9.17) is 23.2 Å². The van der Waals surface area contributed by atoms with Crippen molar-refractivity contribution in [2.45, 2.75) is 32.7 Å². The number of pyridine rings is 1. The van der Waals surface area contributed by atoms with Gasteiger partial charge < -0.3 is 5.32 Å². The number of nitrogens with one attached hydrogen (secondary N) is 1. The maximum Gasteiger partial charge on any atom is 0.271 e. The highest BCUT2D eigenvalue weighted by atomic mass is 35.5. The number of halogens is 2. The van der Waals surface area contributed by atoms with E-state index < -0.39 is 0 Å². The summed E-state index contributed by atoms with van der Waals surface area (Å²) in [5.74, 6) is -0.284. The molecule has 0 fully saturated rings. The van der Waals surface area contributed by atoms with E-state index in [1.165, 1.54) is 0 Å². The number of aromatic nitrogens is 1. The van der Waals surface area contributed by atoms with Gasteiger partial charge in [0.25, 0.3) is 5.91 Å². The fraction of sp³-hybridized carbons (Fsp3) is 0.455. The van der Waals surface area contributed by atoms with Gasteiger partial charge in [-0.15, -0.1) is 0 Å². The number of hydrogen-bond acceptors (Lipinski definition) is 2. The largest absolute Gasteiger partial charge is 0.348 e. The van der Waals surface area contributed by atoms with Gasteiger partial charge in [-0.3, -0.25) is 4.79 Å².